The molecule has 5 rings (SSSR count). The molecular formula is C28H29N5S. The van der Waals surface area contributed by atoms with Crippen LogP contribution in [0.15, 0.2) is 91.3 Å². The van der Waals surface area contributed by atoms with Crippen LogP contribution >= 0.6 is 12.2 Å². The number of aryl methyl sites for hydroxylation is 1. The minimum absolute atomic E-state index is 0.0570. The number of benzene rings is 2. The third-order valence-corrected chi connectivity index (χ3v) is 6.76. The molecule has 2 aromatic heterocycles. The summed E-state index contributed by atoms with van der Waals surface area (Å²) in [5, 5.41) is 4.27. The Morgan fingerprint density at radius 3 is 2.29 bits per heavy atom. The van der Waals surface area contributed by atoms with Crippen LogP contribution in [0.25, 0.3) is 5.69 Å². The van der Waals surface area contributed by atoms with Gasteiger partial charge in [-0.3, -0.25) is 4.98 Å². The van der Waals surface area contributed by atoms with E-state index in [2.05, 4.69) is 119 Å². The van der Waals surface area contributed by atoms with Crippen LogP contribution in [0.4, 0.5) is 11.4 Å². The number of pyridine rings is 1. The number of hydrogen-bond acceptors (Lipinski definition) is 3. The molecule has 5 nitrogen and oxygen atoms in total. The van der Waals surface area contributed by atoms with E-state index in [1.165, 1.54) is 11.3 Å². The summed E-state index contributed by atoms with van der Waals surface area (Å²) in [4.78, 5) is 9.02. The van der Waals surface area contributed by atoms with Gasteiger partial charge in [0.15, 0.2) is 5.11 Å². The molecule has 34 heavy (non-hydrogen) atoms. The van der Waals surface area contributed by atoms with Crippen LogP contribution in [-0.2, 0) is 6.42 Å². The highest BCUT2D eigenvalue weighted by atomic mass is 32.1. The lowest BCUT2D eigenvalue weighted by atomic mass is 10.0. The molecule has 3 heterocycles. The van der Waals surface area contributed by atoms with Gasteiger partial charge in [-0.05, 0) is 84.9 Å². The van der Waals surface area contributed by atoms with Gasteiger partial charge in [0, 0.05) is 49.2 Å². The molecule has 0 radical (unpaired) electrons. The molecular weight excluding hydrogens is 438 g/mol. The largest absolute Gasteiger partial charge is 0.378 e. The van der Waals surface area contributed by atoms with Gasteiger partial charge in [0.2, 0.25) is 0 Å². The molecule has 0 spiro atoms. The smallest absolute Gasteiger partial charge is 0.174 e. The van der Waals surface area contributed by atoms with E-state index in [0.717, 1.165) is 29.2 Å². The zero-order valence-electron chi connectivity index (χ0n) is 19.7. The predicted octanol–water partition coefficient (Wildman–Crippen LogP) is 5.68. The summed E-state index contributed by atoms with van der Waals surface area (Å²) in [5.41, 5.74) is 6.80. The van der Waals surface area contributed by atoms with E-state index in [4.69, 9.17) is 12.2 Å². The van der Waals surface area contributed by atoms with Crippen molar-refractivity contribution in [3.05, 3.63) is 108 Å². The summed E-state index contributed by atoms with van der Waals surface area (Å²) in [6.07, 6.45) is 4.97. The fourth-order valence-electron chi connectivity index (χ4n) is 4.61. The Hall–Kier alpha value is -3.64. The van der Waals surface area contributed by atoms with Crippen molar-refractivity contribution in [3.63, 3.8) is 0 Å². The normalized spacial score (nSPS) is 17.6. The van der Waals surface area contributed by atoms with E-state index < -0.39 is 0 Å². The maximum absolute atomic E-state index is 5.89. The van der Waals surface area contributed by atoms with Crippen LogP contribution in [0.3, 0.4) is 0 Å². The van der Waals surface area contributed by atoms with Gasteiger partial charge < -0.3 is 19.7 Å². The molecule has 172 valence electrons. The van der Waals surface area contributed by atoms with Crippen LogP contribution in [0.5, 0.6) is 0 Å². The summed E-state index contributed by atoms with van der Waals surface area (Å²) in [6.45, 7) is 2.17. The maximum Gasteiger partial charge on any atom is 0.174 e. The third-order valence-electron chi connectivity index (χ3n) is 6.45. The Balaban J connectivity index is 1.61. The first kappa shape index (κ1) is 22.2. The third kappa shape index (κ3) is 4.05. The average Bonchev–Trinajstić information content (AvgIpc) is 3.49. The van der Waals surface area contributed by atoms with Crippen molar-refractivity contribution < 1.29 is 0 Å². The van der Waals surface area contributed by atoms with E-state index in [-0.39, 0.29) is 12.1 Å². The molecule has 0 amide bonds. The molecule has 1 saturated heterocycles. The summed E-state index contributed by atoms with van der Waals surface area (Å²) in [5.74, 6) is 0. The number of nitrogens with zero attached hydrogens (tertiary/aromatic N) is 4. The molecule has 2 aromatic carbocycles. The van der Waals surface area contributed by atoms with Crippen LogP contribution in [0.2, 0.25) is 0 Å². The van der Waals surface area contributed by atoms with Crippen LogP contribution in [-0.4, -0.2) is 28.8 Å². The fourth-order valence-corrected chi connectivity index (χ4v) is 4.95. The maximum atomic E-state index is 5.89. The van der Waals surface area contributed by atoms with Gasteiger partial charge in [-0.25, -0.2) is 0 Å². The zero-order chi connectivity index (χ0) is 23.7. The van der Waals surface area contributed by atoms with E-state index in [9.17, 15) is 0 Å². The van der Waals surface area contributed by atoms with Crippen molar-refractivity contribution in [2.45, 2.75) is 25.4 Å². The Bertz CT molecular complexity index is 1260. The molecule has 2 atom stereocenters. The zero-order valence-corrected chi connectivity index (χ0v) is 20.5. The lowest BCUT2D eigenvalue weighted by Crippen LogP contribution is -2.30. The number of aromatic nitrogens is 2. The Morgan fingerprint density at radius 1 is 0.912 bits per heavy atom. The van der Waals surface area contributed by atoms with Crippen molar-refractivity contribution in [2.24, 2.45) is 0 Å². The first-order valence-electron chi connectivity index (χ1n) is 11.6. The van der Waals surface area contributed by atoms with Crippen molar-refractivity contribution >= 4 is 28.7 Å². The van der Waals surface area contributed by atoms with Gasteiger partial charge in [-0.2, -0.15) is 0 Å². The van der Waals surface area contributed by atoms with E-state index >= 15 is 0 Å². The standard InChI is InChI=1S/C28H29N5S/c1-4-20-10-12-23(13-11-20)33-27(26(30-28(33)34)24-8-5-6-18-29-24)25-9-7-19-32(25)22-16-14-21(15-17-22)31(2)3/h5-19,26-27H,4H2,1-3H3,(H,30,34)/t26-,27+/m1/s1. The van der Waals surface area contributed by atoms with Crippen molar-refractivity contribution in [1.29, 1.82) is 0 Å². The van der Waals surface area contributed by atoms with Gasteiger partial charge in [-0.1, -0.05) is 25.1 Å². The topological polar surface area (TPSA) is 36.3 Å². The number of thiocarbonyl (C=S) groups is 1. The van der Waals surface area contributed by atoms with Crippen molar-refractivity contribution in [1.82, 2.24) is 14.9 Å². The summed E-state index contributed by atoms with van der Waals surface area (Å²) in [7, 11) is 4.11. The van der Waals surface area contributed by atoms with Crippen LogP contribution in [0.1, 0.15) is 36.0 Å². The highest BCUT2D eigenvalue weighted by molar-refractivity contribution is 7.80. The summed E-state index contributed by atoms with van der Waals surface area (Å²) in [6, 6.07) is 27.5. The molecule has 4 aromatic rings. The second-order valence-electron chi connectivity index (χ2n) is 8.73. The van der Waals surface area contributed by atoms with Gasteiger partial charge in [0.25, 0.3) is 0 Å². The lowest BCUT2D eigenvalue weighted by molar-refractivity contribution is 0.549. The second-order valence-corrected chi connectivity index (χ2v) is 9.12. The molecule has 0 unspecified atom stereocenters. The summed E-state index contributed by atoms with van der Waals surface area (Å²) >= 11 is 5.89. The number of anilines is 2. The summed E-state index contributed by atoms with van der Waals surface area (Å²) < 4.78 is 2.25. The minimum Gasteiger partial charge on any atom is -0.378 e. The number of hydrogen-bond donors (Lipinski definition) is 1. The molecule has 1 aliphatic heterocycles. The number of rotatable bonds is 6. The van der Waals surface area contributed by atoms with E-state index in [1.54, 1.807) is 0 Å². The second kappa shape index (κ2) is 9.31. The van der Waals surface area contributed by atoms with Gasteiger partial charge in [0.05, 0.1) is 11.7 Å². The average molecular weight is 468 g/mol. The van der Waals surface area contributed by atoms with Gasteiger partial charge in [-0.15, -0.1) is 0 Å². The van der Waals surface area contributed by atoms with Crippen LogP contribution in [0, 0.1) is 0 Å². The lowest BCUT2D eigenvalue weighted by Gasteiger charge is -2.29. The monoisotopic (exact) mass is 467 g/mol. The van der Waals surface area contributed by atoms with Crippen molar-refractivity contribution in [2.75, 3.05) is 23.9 Å². The molecule has 0 aliphatic carbocycles. The molecule has 1 N–H and O–H groups in total. The predicted molar refractivity (Wildman–Crippen MR) is 144 cm³/mol. The Labute approximate surface area is 206 Å². The highest BCUT2D eigenvalue weighted by Gasteiger charge is 2.42. The molecule has 0 bridgehead atoms. The first-order valence-corrected chi connectivity index (χ1v) is 12.0. The molecule has 1 aliphatic rings. The van der Waals surface area contributed by atoms with Crippen LogP contribution < -0.4 is 15.1 Å². The molecule has 1 fully saturated rings. The van der Waals surface area contributed by atoms with Gasteiger partial charge >= 0.3 is 0 Å². The number of nitrogens with one attached hydrogen (secondary N) is 1. The molecule has 6 heteroatoms. The quantitative estimate of drug-likeness (QED) is 0.369. The Morgan fingerprint density at radius 2 is 1.65 bits per heavy atom. The van der Waals surface area contributed by atoms with E-state index in [1.807, 2.05) is 18.3 Å². The minimum atomic E-state index is -0.0748. The molecule has 0 saturated carbocycles. The first-order chi connectivity index (χ1) is 16.6. The van der Waals surface area contributed by atoms with E-state index in [0.29, 0.717) is 5.11 Å². The fraction of sp³-hybridized carbons (Fsp3) is 0.214. The Kier molecular flexibility index (Phi) is 6.07. The van der Waals surface area contributed by atoms with Gasteiger partial charge in [0.1, 0.15) is 6.04 Å². The van der Waals surface area contributed by atoms with Crippen molar-refractivity contribution in [3.8, 4) is 5.69 Å². The highest BCUT2D eigenvalue weighted by Crippen LogP contribution is 2.42. The SMILES string of the molecule is CCc1ccc(N2C(=S)N[C@H](c3ccccn3)[C@@H]2c2cccn2-c2ccc(N(C)C)cc2)cc1.